The number of alkyl halides is 1. The van der Waals surface area contributed by atoms with Crippen LogP contribution >= 0.6 is 22.6 Å². The molecule has 63 heavy (non-hydrogen) atoms. The number of unbranched alkanes of at least 4 members (excludes halogenated alkanes) is 1. The fraction of sp³-hybridized carbons (Fsp3) is 0.652. The van der Waals surface area contributed by atoms with Gasteiger partial charge in [0.2, 0.25) is 11.8 Å². The number of carbonyl (C=O) groups is 6. The van der Waals surface area contributed by atoms with Crippen molar-refractivity contribution in [2.75, 3.05) is 37.4 Å². The van der Waals surface area contributed by atoms with Crippen LogP contribution in [0.5, 0.6) is 0 Å². The molecule has 3 atom stereocenters. The maximum Gasteiger partial charge on any atom is 0.329 e. The van der Waals surface area contributed by atoms with E-state index < -0.39 is 88.3 Å². The molecule has 4 amide bonds. The number of hydrogen-bond acceptors (Lipinski definition) is 12. The van der Waals surface area contributed by atoms with Crippen LogP contribution in [0.4, 0.5) is 4.79 Å². The summed E-state index contributed by atoms with van der Waals surface area (Å²) in [5.41, 5.74) is -2.19. The molecule has 1 aliphatic rings. The molecule has 0 spiro atoms. The van der Waals surface area contributed by atoms with Crippen LogP contribution in [0.1, 0.15) is 107 Å². The molecule has 0 saturated carbocycles. The number of nitrogens with one attached hydrogen (secondary N) is 4. The fourth-order valence-corrected chi connectivity index (χ4v) is 6.91. The van der Waals surface area contributed by atoms with E-state index in [0.29, 0.717) is 30.5 Å². The molecule has 3 rings (SSSR count). The SMILES string of the molecule is CC(C)(C)OC(=O)CC(NC(=O)NC(CCCCNC(=O)C(Cc1ccc2ccccc2c1)NC(=O)COCC1(CI)COC(C)(C)OC1)C(=O)OC(C)(C)C)C(=O)OC(C)(C)C. The van der Waals surface area contributed by atoms with Gasteiger partial charge in [0, 0.05) is 22.8 Å². The lowest BCUT2D eigenvalue weighted by molar-refractivity contribution is -0.286. The van der Waals surface area contributed by atoms with Crippen molar-refractivity contribution < 1.29 is 57.2 Å². The number of rotatable bonds is 20. The van der Waals surface area contributed by atoms with Gasteiger partial charge in [-0.05, 0) is 112 Å². The Hall–Kier alpha value is -4.07. The zero-order chi connectivity index (χ0) is 47.2. The maximum absolute atomic E-state index is 13.7. The Bertz CT molecular complexity index is 1870. The number of fused-ring (bicyclic) bond motifs is 1. The van der Waals surface area contributed by atoms with E-state index in [1.165, 1.54) is 0 Å². The van der Waals surface area contributed by atoms with E-state index >= 15 is 0 Å². The molecule has 16 nitrogen and oxygen atoms in total. The fourth-order valence-electron chi connectivity index (χ4n) is 6.25. The Kier molecular flexibility index (Phi) is 19.6. The van der Waals surface area contributed by atoms with Crippen molar-refractivity contribution in [1.82, 2.24) is 21.3 Å². The molecular weight excluding hydrogens is 927 g/mol. The standard InChI is InChI=1S/C46H69IN4O12/c1-42(2,3)61-37(53)24-35(40(56)63-44(7,8)9)51-41(57)50-33(39(55)62-43(4,5)6)18-14-15-21-48-38(54)34(23-30-19-20-31-16-12-13-17-32(31)22-30)49-36(52)25-58-27-46(26-47)28-59-45(10,11)60-29-46/h12-13,16-17,19-20,22,33-35H,14-15,18,21,23-29H2,1-11H3,(H,48,54)(H,49,52)(H2,50,51,57). The van der Waals surface area contributed by atoms with Crippen molar-refractivity contribution in [2.45, 2.75) is 149 Å². The summed E-state index contributed by atoms with van der Waals surface area (Å²) in [5.74, 6) is -3.85. The van der Waals surface area contributed by atoms with Crippen molar-refractivity contribution in [3.8, 4) is 0 Å². The number of carbonyl (C=O) groups excluding carboxylic acids is 6. The number of esters is 3. The number of amides is 4. The average Bonchev–Trinajstić information content (AvgIpc) is 3.15. The first-order chi connectivity index (χ1) is 29.2. The molecule has 0 aromatic heterocycles. The van der Waals surface area contributed by atoms with Gasteiger partial charge >= 0.3 is 23.9 Å². The first-order valence-corrected chi connectivity index (χ1v) is 22.9. The predicted molar refractivity (Wildman–Crippen MR) is 246 cm³/mol. The smallest absolute Gasteiger partial charge is 0.329 e. The van der Waals surface area contributed by atoms with E-state index in [4.69, 9.17) is 28.4 Å². The zero-order valence-corrected chi connectivity index (χ0v) is 41.0. The normalized spacial score (nSPS) is 16.4. The Balaban J connectivity index is 1.66. The number of ether oxygens (including phenoxy) is 6. The molecule has 2 aromatic carbocycles. The van der Waals surface area contributed by atoms with Crippen LogP contribution in [0.25, 0.3) is 10.8 Å². The first kappa shape index (κ1) is 53.3. The molecule has 352 valence electrons. The molecule has 1 aliphatic heterocycles. The van der Waals surface area contributed by atoms with E-state index in [1.807, 2.05) is 56.3 Å². The third-order valence-corrected chi connectivity index (χ3v) is 10.9. The van der Waals surface area contributed by atoms with Gasteiger partial charge in [0.25, 0.3) is 0 Å². The number of benzene rings is 2. The summed E-state index contributed by atoms with van der Waals surface area (Å²) in [5, 5.41) is 12.9. The van der Waals surface area contributed by atoms with Crippen molar-refractivity contribution in [1.29, 1.82) is 0 Å². The zero-order valence-electron chi connectivity index (χ0n) is 38.8. The first-order valence-electron chi connectivity index (χ1n) is 21.4. The molecule has 1 heterocycles. The van der Waals surface area contributed by atoms with Gasteiger partial charge in [0.1, 0.15) is 41.5 Å². The van der Waals surface area contributed by atoms with E-state index in [9.17, 15) is 28.8 Å². The van der Waals surface area contributed by atoms with Crippen molar-refractivity contribution in [2.24, 2.45) is 5.41 Å². The van der Waals surface area contributed by atoms with Gasteiger partial charge in [-0.25, -0.2) is 14.4 Å². The second-order valence-corrected chi connectivity index (χ2v) is 20.2. The van der Waals surface area contributed by atoms with Crippen LogP contribution in [0.2, 0.25) is 0 Å². The Morgan fingerprint density at radius 1 is 0.730 bits per heavy atom. The molecule has 0 bridgehead atoms. The molecular formula is C46H69IN4O12. The summed E-state index contributed by atoms with van der Waals surface area (Å²) in [4.78, 5) is 79.4. The summed E-state index contributed by atoms with van der Waals surface area (Å²) in [6.45, 7) is 19.8. The van der Waals surface area contributed by atoms with Gasteiger partial charge < -0.3 is 49.7 Å². The summed E-state index contributed by atoms with van der Waals surface area (Å²) < 4.78 is 34.7. The topological polar surface area (TPSA) is 206 Å². The van der Waals surface area contributed by atoms with Crippen molar-refractivity contribution in [3.05, 3.63) is 48.0 Å². The number of hydrogen-bond donors (Lipinski definition) is 4. The lowest BCUT2D eigenvalue weighted by atomic mass is 9.93. The average molecular weight is 997 g/mol. The third kappa shape index (κ3) is 20.1. The highest BCUT2D eigenvalue weighted by molar-refractivity contribution is 14.1. The van der Waals surface area contributed by atoms with Crippen LogP contribution in [0, 0.1) is 5.41 Å². The molecule has 1 fully saturated rings. The second kappa shape index (κ2) is 23.2. The van der Waals surface area contributed by atoms with Gasteiger partial charge in [-0.1, -0.05) is 65.1 Å². The van der Waals surface area contributed by atoms with Gasteiger partial charge in [0.15, 0.2) is 5.79 Å². The summed E-state index contributed by atoms with van der Waals surface area (Å²) in [6, 6.07) is 9.35. The maximum atomic E-state index is 13.7. The van der Waals surface area contributed by atoms with Crippen molar-refractivity contribution in [3.63, 3.8) is 0 Å². The third-order valence-electron chi connectivity index (χ3n) is 9.29. The molecule has 17 heteroatoms. The van der Waals surface area contributed by atoms with Crippen LogP contribution in [0.3, 0.4) is 0 Å². The largest absolute Gasteiger partial charge is 0.460 e. The van der Waals surface area contributed by atoms with Gasteiger partial charge in [-0.15, -0.1) is 0 Å². The minimum absolute atomic E-state index is 0.113. The van der Waals surface area contributed by atoms with E-state index in [-0.39, 0.29) is 32.6 Å². The highest BCUT2D eigenvalue weighted by Gasteiger charge is 2.40. The summed E-state index contributed by atoms with van der Waals surface area (Å²) in [7, 11) is 0. The second-order valence-electron chi connectivity index (χ2n) is 19.5. The lowest BCUT2D eigenvalue weighted by Gasteiger charge is -2.42. The lowest BCUT2D eigenvalue weighted by Crippen LogP contribution is -2.53. The quantitative estimate of drug-likeness (QED) is 0.0407. The van der Waals surface area contributed by atoms with E-state index in [0.717, 1.165) is 16.3 Å². The molecule has 0 radical (unpaired) electrons. The van der Waals surface area contributed by atoms with Crippen LogP contribution in [0.15, 0.2) is 42.5 Å². The van der Waals surface area contributed by atoms with Crippen molar-refractivity contribution >= 4 is 69.1 Å². The number of urea groups is 1. The van der Waals surface area contributed by atoms with Crippen LogP contribution in [-0.4, -0.2) is 114 Å². The van der Waals surface area contributed by atoms with Crippen LogP contribution < -0.4 is 21.3 Å². The highest BCUT2D eigenvalue weighted by atomic mass is 127. The molecule has 3 unspecified atom stereocenters. The van der Waals surface area contributed by atoms with Gasteiger partial charge in [0.05, 0.1) is 26.2 Å². The molecule has 0 aliphatic carbocycles. The van der Waals surface area contributed by atoms with Crippen LogP contribution in [-0.2, 0) is 58.8 Å². The Labute approximate surface area is 385 Å². The van der Waals surface area contributed by atoms with Gasteiger partial charge in [-0.2, -0.15) is 0 Å². The molecule has 2 aromatic rings. The number of halogens is 1. The monoisotopic (exact) mass is 996 g/mol. The van der Waals surface area contributed by atoms with E-state index in [2.05, 4.69) is 43.9 Å². The predicted octanol–water partition coefficient (Wildman–Crippen LogP) is 5.83. The highest BCUT2D eigenvalue weighted by Crippen LogP contribution is 2.32. The minimum Gasteiger partial charge on any atom is -0.460 e. The minimum atomic E-state index is -1.41. The Morgan fingerprint density at radius 3 is 1.89 bits per heavy atom. The molecule has 1 saturated heterocycles. The summed E-state index contributed by atoms with van der Waals surface area (Å²) in [6.07, 6.45) is 0.578. The van der Waals surface area contributed by atoms with Gasteiger partial charge in [-0.3, -0.25) is 14.4 Å². The van der Waals surface area contributed by atoms with E-state index in [1.54, 1.807) is 62.3 Å². The molecule has 4 N–H and O–H groups in total. The summed E-state index contributed by atoms with van der Waals surface area (Å²) >= 11 is 2.26. The Morgan fingerprint density at radius 2 is 1.30 bits per heavy atom.